The molecule has 0 aromatic heterocycles. The van der Waals surface area contributed by atoms with Gasteiger partial charge in [-0.25, -0.2) is 4.39 Å². The number of piperidine rings is 1. The summed E-state index contributed by atoms with van der Waals surface area (Å²) in [4.78, 5) is 2.30. The number of rotatable bonds is 3. The normalized spacial score (nSPS) is 24.3. The molecule has 2 nitrogen and oxygen atoms in total. The Balaban J connectivity index is 2.08. The lowest BCUT2D eigenvalue weighted by molar-refractivity contribution is 0.374. The second kappa shape index (κ2) is 5.89. The first kappa shape index (κ1) is 13.6. The first-order valence-corrected chi connectivity index (χ1v) is 6.94. The zero-order valence-corrected chi connectivity index (χ0v) is 11.7. The summed E-state index contributed by atoms with van der Waals surface area (Å²) >= 11 is 5.85. The lowest BCUT2D eigenvalue weighted by Crippen LogP contribution is -2.47. The Morgan fingerprint density at radius 1 is 1.50 bits per heavy atom. The summed E-state index contributed by atoms with van der Waals surface area (Å²) < 4.78 is 13.2. The van der Waals surface area contributed by atoms with E-state index >= 15 is 0 Å². The highest BCUT2D eigenvalue weighted by atomic mass is 35.5. The molecule has 1 fully saturated rings. The summed E-state index contributed by atoms with van der Waals surface area (Å²) in [5, 5.41) is 3.70. The van der Waals surface area contributed by atoms with Crippen LogP contribution in [0.15, 0.2) is 18.2 Å². The van der Waals surface area contributed by atoms with Gasteiger partial charge in [-0.2, -0.15) is 0 Å². The van der Waals surface area contributed by atoms with Crippen LogP contribution >= 0.6 is 11.6 Å². The molecule has 1 aromatic rings. The molecule has 1 heterocycles. The number of benzene rings is 1. The van der Waals surface area contributed by atoms with Gasteiger partial charge in [0.05, 0.1) is 5.02 Å². The summed E-state index contributed by atoms with van der Waals surface area (Å²) in [5.41, 5.74) is 1.02. The van der Waals surface area contributed by atoms with Crippen molar-refractivity contribution in [3.8, 4) is 0 Å². The van der Waals surface area contributed by atoms with Crippen molar-refractivity contribution < 1.29 is 4.39 Å². The van der Waals surface area contributed by atoms with E-state index in [2.05, 4.69) is 24.1 Å². The molecule has 0 bridgehead atoms. The van der Waals surface area contributed by atoms with Crippen molar-refractivity contribution in [2.45, 2.75) is 38.8 Å². The van der Waals surface area contributed by atoms with Gasteiger partial charge in [-0.15, -0.1) is 0 Å². The summed E-state index contributed by atoms with van der Waals surface area (Å²) in [6.45, 7) is 6.35. The minimum absolute atomic E-state index is 0.202. The van der Waals surface area contributed by atoms with Gasteiger partial charge in [0.1, 0.15) is 5.82 Å². The van der Waals surface area contributed by atoms with E-state index in [1.165, 1.54) is 6.07 Å². The van der Waals surface area contributed by atoms with E-state index in [4.69, 9.17) is 11.6 Å². The predicted molar refractivity (Wildman–Crippen MR) is 74.9 cm³/mol. The minimum Gasteiger partial charge on any atom is -0.369 e. The van der Waals surface area contributed by atoms with Gasteiger partial charge in [0.15, 0.2) is 0 Å². The highest BCUT2D eigenvalue weighted by molar-refractivity contribution is 6.31. The Kier molecular flexibility index (Phi) is 4.46. The summed E-state index contributed by atoms with van der Waals surface area (Å²) in [7, 11) is 0. The molecule has 100 valence electrons. The maximum atomic E-state index is 13.2. The van der Waals surface area contributed by atoms with Gasteiger partial charge in [0.25, 0.3) is 0 Å². The lowest BCUT2D eigenvalue weighted by atomic mass is 9.97. The van der Waals surface area contributed by atoms with Crippen LogP contribution < -0.4 is 10.2 Å². The summed E-state index contributed by atoms with van der Waals surface area (Å²) in [6.07, 6.45) is 2.23. The first-order valence-electron chi connectivity index (χ1n) is 6.57. The van der Waals surface area contributed by atoms with Gasteiger partial charge in [-0.3, -0.25) is 0 Å². The zero-order chi connectivity index (χ0) is 13.1. The summed E-state index contributed by atoms with van der Waals surface area (Å²) in [6, 6.07) is 6.02. The lowest BCUT2D eigenvalue weighted by Gasteiger charge is -2.39. The van der Waals surface area contributed by atoms with Crippen LogP contribution in [-0.4, -0.2) is 25.2 Å². The largest absolute Gasteiger partial charge is 0.369 e. The van der Waals surface area contributed by atoms with Crippen molar-refractivity contribution in [1.29, 1.82) is 0 Å². The Labute approximate surface area is 113 Å². The molecule has 0 spiro atoms. The molecule has 0 radical (unpaired) electrons. The fourth-order valence-electron chi connectivity index (χ4n) is 2.69. The SMILES string of the molecule is CCNC1CCN(c2ccc(F)c(Cl)c2)C(C)C1. The van der Waals surface area contributed by atoms with E-state index in [-0.39, 0.29) is 10.8 Å². The Morgan fingerprint density at radius 3 is 2.89 bits per heavy atom. The van der Waals surface area contributed by atoms with Crippen LogP contribution in [-0.2, 0) is 0 Å². The quantitative estimate of drug-likeness (QED) is 0.905. The number of nitrogens with zero attached hydrogens (tertiary/aromatic N) is 1. The van der Waals surface area contributed by atoms with E-state index in [0.29, 0.717) is 12.1 Å². The van der Waals surface area contributed by atoms with Crippen LogP contribution in [0.2, 0.25) is 5.02 Å². The van der Waals surface area contributed by atoms with Crippen molar-refractivity contribution in [2.75, 3.05) is 18.0 Å². The molecular weight excluding hydrogens is 251 g/mol. The molecule has 1 aromatic carbocycles. The number of anilines is 1. The number of nitrogens with one attached hydrogen (secondary N) is 1. The van der Waals surface area contributed by atoms with Crippen molar-refractivity contribution >= 4 is 17.3 Å². The third kappa shape index (κ3) is 2.96. The van der Waals surface area contributed by atoms with Gasteiger partial charge in [-0.1, -0.05) is 18.5 Å². The van der Waals surface area contributed by atoms with E-state index in [9.17, 15) is 4.39 Å². The number of hydrogen-bond donors (Lipinski definition) is 1. The fraction of sp³-hybridized carbons (Fsp3) is 0.571. The van der Waals surface area contributed by atoms with Crippen molar-refractivity contribution in [3.63, 3.8) is 0 Å². The molecular formula is C14H20ClFN2. The average Bonchev–Trinajstić information content (AvgIpc) is 2.34. The summed E-state index contributed by atoms with van der Waals surface area (Å²) in [5.74, 6) is -0.351. The van der Waals surface area contributed by atoms with Crippen LogP contribution in [0.3, 0.4) is 0 Å². The third-order valence-electron chi connectivity index (χ3n) is 3.60. The van der Waals surface area contributed by atoms with Crippen LogP contribution in [0.5, 0.6) is 0 Å². The van der Waals surface area contributed by atoms with E-state index in [0.717, 1.165) is 31.6 Å². The molecule has 2 rings (SSSR count). The number of halogens is 2. The Morgan fingerprint density at radius 2 is 2.28 bits per heavy atom. The van der Waals surface area contributed by atoms with Gasteiger partial charge in [-0.05, 0) is 44.5 Å². The third-order valence-corrected chi connectivity index (χ3v) is 3.89. The van der Waals surface area contributed by atoms with E-state index in [1.54, 1.807) is 6.07 Å². The molecule has 0 saturated carbocycles. The fourth-order valence-corrected chi connectivity index (χ4v) is 2.87. The average molecular weight is 271 g/mol. The highest BCUT2D eigenvalue weighted by Gasteiger charge is 2.25. The second-order valence-corrected chi connectivity index (χ2v) is 5.33. The van der Waals surface area contributed by atoms with Gasteiger partial charge in [0.2, 0.25) is 0 Å². The maximum Gasteiger partial charge on any atom is 0.141 e. The Bertz CT molecular complexity index is 411. The molecule has 2 unspecified atom stereocenters. The molecule has 1 aliphatic heterocycles. The molecule has 1 N–H and O–H groups in total. The minimum atomic E-state index is -0.351. The maximum absolute atomic E-state index is 13.2. The predicted octanol–water partition coefficient (Wildman–Crippen LogP) is 3.45. The van der Waals surface area contributed by atoms with Crippen molar-refractivity contribution in [1.82, 2.24) is 5.32 Å². The molecule has 0 amide bonds. The smallest absolute Gasteiger partial charge is 0.141 e. The second-order valence-electron chi connectivity index (χ2n) is 4.92. The van der Waals surface area contributed by atoms with Gasteiger partial charge in [0, 0.05) is 24.3 Å². The molecule has 0 aliphatic carbocycles. The zero-order valence-electron chi connectivity index (χ0n) is 10.9. The monoisotopic (exact) mass is 270 g/mol. The van der Waals surface area contributed by atoms with Crippen LogP contribution in [0, 0.1) is 5.82 Å². The van der Waals surface area contributed by atoms with Crippen LogP contribution in [0.25, 0.3) is 0 Å². The molecule has 2 atom stereocenters. The molecule has 1 saturated heterocycles. The first-order chi connectivity index (χ1) is 8.61. The number of hydrogen-bond acceptors (Lipinski definition) is 2. The standard InChI is InChI=1S/C14H20ClFN2/c1-3-17-11-6-7-18(10(2)8-11)12-4-5-14(16)13(15)9-12/h4-5,9-11,17H,3,6-8H2,1-2H3. The topological polar surface area (TPSA) is 15.3 Å². The van der Waals surface area contributed by atoms with Crippen LogP contribution in [0.1, 0.15) is 26.7 Å². The van der Waals surface area contributed by atoms with Gasteiger partial charge >= 0.3 is 0 Å². The van der Waals surface area contributed by atoms with E-state index in [1.807, 2.05) is 6.07 Å². The molecule has 1 aliphatic rings. The molecule has 4 heteroatoms. The van der Waals surface area contributed by atoms with Gasteiger partial charge < -0.3 is 10.2 Å². The van der Waals surface area contributed by atoms with Crippen molar-refractivity contribution in [2.24, 2.45) is 0 Å². The Hall–Kier alpha value is -0.800. The van der Waals surface area contributed by atoms with Crippen LogP contribution in [0.4, 0.5) is 10.1 Å². The molecule has 18 heavy (non-hydrogen) atoms. The van der Waals surface area contributed by atoms with Crippen molar-refractivity contribution in [3.05, 3.63) is 29.0 Å². The van der Waals surface area contributed by atoms with E-state index < -0.39 is 0 Å². The highest BCUT2D eigenvalue weighted by Crippen LogP contribution is 2.28.